The summed E-state index contributed by atoms with van der Waals surface area (Å²) in [6.45, 7) is 2.42. The van der Waals surface area contributed by atoms with Gasteiger partial charge in [0.25, 0.3) is 0 Å². The summed E-state index contributed by atoms with van der Waals surface area (Å²) in [5, 5.41) is 0.110. The topological polar surface area (TPSA) is 26.3 Å². The summed E-state index contributed by atoms with van der Waals surface area (Å²) in [6, 6.07) is 10.7. The van der Waals surface area contributed by atoms with E-state index < -0.39 is 11.6 Å². The van der Waals surface area contributed by atoms with E-state index in [2.05, 4.69) is 0 Å². The van der Waals surface area contributed by atoms with Gasteiger partial charge in [0, 0.05) is 5.56 Å². The lowest BCUT2D eigenvalue weighted by molar-refractivity contribution is 0.103. The Hall–Kier alpha value is -1.87. The van der Waals surface area contributed by atoms with E-state index in [1.165, 1.54) is 18.2 Å². The van der Waals surface area contributed by atoms with Crippen LogP contribution in [0.1, 0.15) is 22.8 Å². The molecule has 2 aromatic carbocycles. The second-order valence-electron chi connectivity index (χ2n) is 3.88. The first kappa shape index (κ1) is 13.6. The summed E-state index contributed by atoms with van der Waals surface area (Å²) >= 11 is 5.87. The summed E-state index contributed by atoms with van der Waals surface area (Å²) in [5.74, 6) is -0.392. The van der Waals surface area contributed by atoms with E-state index in [9.17, 15) is 9.18 Å². The van der Waals surface area contributed by atoms with Crippen molar-refractivity contribution in [1.82, 2.24) is 0 Å². The number of halogens is 2. The van der Waals surface area contributed by atoms with Gasteiger partial charge in [0.15, 0.2) is 5.78 Å². The molecular formula is C15H12ClFO2. The van der Waals surface area contributed by atoms with Crippen molar-refractivity contribution in [2.24, 2.45) is 0 Å². The maximum atomic E-state index is 13.7. The minimum Gasteiger partial charge on any atom is -0.494 e. The highest BCUT2D eigenvalue weighted by molar-refractivity contribution is 6.35. The van der Waals surface area contributed by atoms with Gasteiger partial charge in [0.05, 0.1) is 17.2 Å². The Morgan fingerprint density at radius 2 is 1.89 bits per heavy atom. The van der Waals surface area contributed by atoms with Crippen molar-refractivity contribution in [3.63, 3.8) is 0 Å². The fraction of sp³-hybridized carbons (Fsp3) is 0.133. The number of benzene rings is 2. The van der Waals surface area contributed by atoms with E-state index >= 15 is 0 Å². The van der Waals surface area contributed by atoms with Crippen molar-refractivity contribution in [3.8, 4) is 5.75 Å². The molecule has 2 nitrogen and oxygen atoms in total. The zero-order chi connectivity index (χ0) is 13.8. The first-order chi connectivity index (χ1) is 9.13. The van der Waals surface area contributed by atoms with E-state index in [-0.39, 0.29) is 10.6 Å². The molecule has 0 spiro atoms. The van der Waals surface area contributed by atoms with Crippen LogP contribution in [0.5, 0.6) is 5.75 Å². The summed E-state index contributed by atoms with van der Waals surface area (Å²) in [6.07, 6.45) is 0. The van der Waals surface area contributed by atoms with Crippen LogP contribution < -0.4 is 4.74 Å². The van der Waals surface area contributed by atoms with Gasteiger partial charge in [0.1, 0.15) is 11.6 Å². The molecule has 0 unspecified atom stereocenters. The number of carbonyl (C=O) groups excluding carboxylic acids is 1. The average molecular weight is 279 g/mol. The number of ketones is 1. The highest BCUT2D eigenvalue weighted by Gasteiger charge is 2.17. The van der Waals surface area contributed by atoms with Crippen LogP contribution in [0.2, 0.25) is 5.02 Å². The third kappa shape index (κ3) is 2.93. The zero-order valence-corrected chi connectivity index (χ0v) is 11.1. The molecule has 4 heteroatoms. The van der Waals surface area contributed by atoms with E-state index in [1.54, 1.807) is 24.3 Å². The van der Waals surface area contributed by atoms with Crippen LogP contribution in [0.4, 0.5) is 4.39 Å². The monoisotopic (exact) mass is 278 g/mol. The highest BCUT2D eigenvalue weighted by Crippen LogP contribution is 2.23. The number of ether oxygens (including phenoxy) is 1. The lowest BCUT2D eigenvalue weighted by Crippen LogP contribution is -2.05. The molecule has 0 atom stereocenters. The normalized spacial score (nSPS) is 10.3. The van der Waals surface area contributed by atoms with Crippen LogP contribution >= 0.6 is 11.6 Å². The van der Waals surface area contributed by atoms with Gasteiger partial charge < -0.3 is 4.74 Å². The lowest BCUT2D eigenvalue weighted by atomic mass is 10.0. The number of hydrogen-bond donors (Lipinski definition) is 0. The van der Waals surface area contributed by atoms with Gasteiger partial charge in [-0.1, -0.05) is 17.7 Å². The maximum Gasteiger partial charge on any atom is 0.197 e. The third-order valence-electron chi connectivity index (χ3n) is 2.62. The fourth-order valence-electron chi connectivity index (χ4n) is 1.73. The lowest BCUT2D eigenvalue weighted by Gasteiger charge is -2.06. The minimum atomic E-state index is -0.619. The van der Waals surface area contributed by atoms with Crippen LogP contribution in [-0.2, 0) is 0 Å². The Balaban J connectivity index is 2.34. The molecule has 0 fully saturated rings. The smallest absolute Gasteiger partial charge is 0.197 e. The first-order valence-electron chi connectivity index (χ1n) is 5.85. The molecule has 0 radical (unpaired) electrons. The van der Waals surface area contributed by atoms with Crippen LogP contribution in [-0.4, -0.2) is 12.4 Å². The second kappa shape index (κ2) is 5.85. The molecule has 0 heterocycles. The molecule has 98 valence electrons. The van der Waals surface area contributed by atoms with E-state index in [0.717, 1.165) is 0 Å². The molecule has 0 aromatic heterocycles. The Morgan fingerprint density at radius 3 is 2.47 bits per heavy atom. The van der Waals surface area contributed by atoms with Gasteiger partial charge in [0.2, 0.25) is 0 Å². The SMILES string of the molecule is CCOc1ccc(C(=O)c2c(F)cccc2Cl)cc1. The summed E-state index contributed by atoms with van der Waals surface area (Å²) in [5.41, 5.74) is 0.267. The van der Waals surface area contributed by atoms with Gasteiger partial charge in [-0.15, -0.1) is 0 Å². The van der Waals surface area contributed by atoms with Gasteiger partial charge >= 0.3 is 0 Å². The molecule has 2 rings (SSSR count). The molecule has 0 aliphatic carbocycles. The molecule has 19 heavy (non-hydrogen) atoms. The van der Waals surface area contributed by atoms with E-state index in [0.29, 0.717) is 17.9 Å². The van der Waals surface area contributed by atoms with E-state index in [1.807, 2.05) is 6.92 Å². The Kier molecular flexibility index (Phi) is 4.17. The van der Waals surface area contributed by atoms with Crippen molar-refractivity contribution >= 4 is 17.4 Å². The molecule has 0 aliphatic rings. The van der Waals surface area contributed by atoms with Crippen molar-refractivity contribution in [3.05, 3.63) is 64.4 Å². The third-order valence-corrected chi connectivity index (χ3v) is 2.93. The molecule has 0 bridgehead atoms. The fourth-order valence-corrected chi connectivity index (χ4v) is 1.98. The van der Waals surface area contributed by atoms with Crippen molar-refractivity contribution in [2.45, 2.75) is 6.92 Å². The molecule has 0 N–H and O–H groups in total. The van der Waals surface area contributed by atoms with Crippen LogP contribution in [0.25, 0.3) is 0 Å². The molecule has 0 saturated carbocycles. The average Bonchev–Trinajstić information content (AvgIpc) is 2.39. The van der Waals surface area contributed by atoms with Crippen molar-refractivity contribution in [1.29, 1.82) is 0 Å². The Bertz CT molecular complexity index is 573. The zero-order valence-electron chi connectivity index (χ0n) is 10.3. The van der Waals surface area contributed by atoms with Gasteiger partial charge in [-0.25, -0.2) is 4.39 Å². The standard InChI is InChI=1S/C15H12ClFO2/c1-2-19-11-8-6-10(7-9-11)15(18)14-12(16)4-3-5-13(14)17/h3-9H,2H2,1H3. The molecule has 0 saturated heterocycles. The largest absolute Gasteiger partial charge is 0.494 e. The number of rotatable bonds is 4. The quantitative estimate of drug-likeness (QED) is 0.787. The molecule has 0 aliphatic heterocycles. The van der Waals surface area contributed by atoms with Crippen molar-refractivity contribution < 1.29 is 13.9 Å². The first-order valence-corrected chi connectivity index (χ1v) is 6.23. The molecule has 2 aromatic rings. The maximum absolute atomic E-state index is 13.7. The van der Waals surface area contributed by atoms with Gasteiger partial charge in [-0.3, -0.25) is 4.79 Å². The Morgan fingerprint density at radius 1 is 1.21 bits per heavy atom. The van der Waals surface area contributed by atoms with Crippen LogP contribution in [0.15, 0.2) is 42.5 Å². The van der Waals surface area contributed by atoms with Crippen LogP contribution in [0.3, 0.4) is 0 Å². The van der Waals surface area contributed by atoms with E-state index in [4.69, 9.17) is 16.3 Å². The second-order valence-corrected chi connectivity index (χ2v) is 4.29. The van der Waals surface area contributed by atoms with Crippen LogP contribution in [0, 0.1) is 5.82 Å². The number of hydrogen-bond acceptors (Lipinski definition) is 2. The van der Waals surface area contributed by atoms with Crippen molar-refractivity contribution in [2.75, 3.05) is 6.61 Å². The van der Waals surface area contributed by atoms with Gasteiger partial charge in [-0.2, -0.15) is 0 Å². The Labute approximate surface area is 115 Å². The number of carbonyl (C=O) groups is 1. The van der Waals surface area contributed by atoms with Gasteiger partial charge in [-0.05, 0) is 43.3 Å². The predicted molar refractivity (Wildman–Crippen MR) is 72.5 cm³/mol. The minimum absolute atomic E-state index is 0.103. The molecule has 0 amide bonds. The molecular weight excluding hydrogens is 267 g/mol. The summed E-state index contributed by atoms with van der Waals surface area (Å²) in [7, 11) is 0. The summed E-state index contributed by atoms with van der Waals surface area (Å²) < 4.78 is 18.9. The predicted octanol–water partition coefficient (Wildman–Crippen LogP) is 4.11. The highest BCUT2D eigenvalue weighted by atomic mass is 35.5. The summed E-state index contributed by atoms with van der Waals surface area (Å²) in [4.78, 5) is 12.2.